The predicted molar refractivity (Wildman–Crippen MR) is 147 cm³/mol. The number of carbonyl (C=O) groups is 5. The summed E-state index contributed by atoms with van der Waals surface area (Å²) in [6.07, 6.45) is -0.576. The molecule has 0 aliphatic rings. The highest BCUT2D eigenvalue weighted by molar-refractivity contribution is 5.92. The van der Waals surface area contributed by atoms with E-state index in [1.807, 2.05) is 39.0 Å². The first kappa shape index (κ1) is 33.4. The van der Waals surface area contributed by atoms with E-state index in [1.165, 1.54) is 4.90 Å². The van der Waals surface area contributed by atoms with E-state index in [2.05, 4.69) is 10.6 Å². The van der Waals surface area contributed by atoms with Crippen LogP contribution in [0.2, 0.25) is 0 Å². The standard InChI is InChI=1S/C28H44N4O7/c1-8-16-32(26(36)21(12-13-22(29)33)31-27(37)39-28(5,6)7)24(20-17-18(3)10-11-19(20)4)25(35)30-15-14-23(34)38-9-2/h10-11,17,21,24H,8-9,12-16H2,1-7H3,(H2,29,33)(H,30,35)(H,31,37). The van der Waals surface area contributed by atoms with Crippen molar-refractivity contribution in [3.63, 3.8) is 0 Å². The number of carbonyl (C=O) groups excluding carboxylic acids is 5. The van der Waals surface area contributed by atoms with Gasteiger partial charge in [-0.25, -0.2) is 4.79 Å². The molecule has 0 aliphatic carbocycles. The zero-order valence-corrected chi connectivity index (χ0v) is 24.2. The summed E-state index contributed by atoms with van der Waals surface area (Å²) in [5.74, 6) is -2.13. The Morgan fingerprint density at radius 3 is 2.28 bits per heavy atom. The second kappa shape index (κ2) is 15.7. The quantitative estimate of drug-likeness (QED) is 0.302. The molecule has 0 fully saturated rings. The lowest BCUT2D eigenvalue weighted by molar-refractivity contribution is -0.144. The highest BCUT2D eigenvalue weighted by atomic mass is 16.6. The van der Waals surface area contributed by atoms with Gasteiger partial charge in [0, 0.05) is 19.5 Å². The van der Waals surface area contributed by atoms with Gasteiger partial charge >= 0.3 is 12.1 Å². The summed E-state index contributed by atoms with van der Waals surface area (Å²) in [6.45, 7) is 12.8. The van der Waals surface area contributed by atoms with Crippen LogP contribution in [0.1, 0.15) is 83.0 Å². The third-order valence-corrected chi connectivity index (χ3v) is 5.64. The second-order valence-electron chi connectivity index (χ2n) is 10.3. The number of rotatable bonds is 14. The molecule has 2 atom stereocenters. The van der Waals surface area contributed by atoms with Gasteiger partial charge in [0.2, 0.25) is 17.7 Å². The maximum absolute atomic E-state index is 14.0. The number of primary amides is 1. The number of nitrogens with zero attached hydrogens (tertiary/aromatic N) is 1. The fourth-order valence-electron chi connectivity index (χ4n) is 3.92. The minimum Gasteiger partial charge on any atom is -0.466 e. The first-order chi connectivity index (χ1) is 18.2. The summed E-state index contributed by atoms with van der Waals surface area (Å²) >= 11 is 0. The van der Waals surface area contributed by atoms with Crippen molar-refractivity contribution in [2.45, 2.75) is 91.8 Å². The molecule has 0 aromatic heterocycles. The van der Waals surface area contributed by atoms with Gasteiger partial charge in [-0.15, -0.1) is 0 Å². The molecular weight excluding hydrogens is 504 g/mol. The molecule has 0 aliphatic heterocycles. The zero-order chi connectivity index (χ0) is 29.8. The van der Waals surface area contributed by atoms with Crippen molar-refractivity contribution in [1.82, 2.24) is 15.5 Å². The number of benzene rings is 1. The molecule has 4 amide bonds. The maximum Gasteiger partial charge on any atom is 0.408 e. The van der Waals surface area contributed by atoms with Gasteiger partial charge in [0.05, 0.1) is 13.0 Å². The monoisotopic (exact) mass is 548 g/mol. The smallest absolute Gasteiger partial charge is 0.408 e. The number of amides is 4. The van der Waals surface area contributed by atoms with Gasteiger partial charge < -0.3 is 30.7 Å². The van der Waals surface area contributed by atoms with Gasteiger partial charge in [-0.3, -0.25) is 19.2 Å². The van der Waals surface area contributed by atoms with E-state index >= 15 is 0 Å². The maximum atomic E-state index is 14.0. The molecule has 0 radical (unpaired) electrons. The topological polar surface area (TPSA) is 157 Å². The Hall–Kier alpha value is -3.63. The molecule has 0 saturated carbocycles. The van der Waals surface area contributed by atoms with Crippen LogP contribution >= 0.6 is 0 Å². The molecule has 1 rings (SSSR count). The van der Waals surface area contributed by atoms with Crippen molar-refractivity contribution in [2.75, 3.05) is 19.7 Å². The van der Waals surface area contributed by atoms with Crippen LogP contribution in [-0.2, 0) is 28.7 Å². The van der Waals surface area contributed by atoms with E-state index in [9.17, 15) is 24.0 Å². The lowest BCUT2D eigenvalue weighted by Crippen LogP contribution is -2.53. The van der Waals surface area contributed by atoms with E-state index in [-0.39, 0.29) is 39.0 Å². The van der Waals surface area contributed by atoms with Crippen LogP contribution in [-0.4, -0.2) is 66.0 Å². The summed E-state index contributed by atoms with van der Waals surface area (Å²) < 4.78 is 10.3. The van der Waals surface area contributed by atoms with Gasteiger partial charge in [0.25, 0.3) is 0 Å². The fraction of sp³-hybridized carbons (Fsp3) is 0.607. The van der Waals surface area contributed by atoms with E-state index in [0.717, 1.165) is 11.1 Å². The Morgan fingerprint density at radius 2 is 1.72 bits per heavy atom. The molecule has 1 aromatic rings. The van der Waals surface area contributed by atoms with Crippen LogP contribution in [0.3, 0.4) is 0 Å². The number of ether oxygens (including phenoxy) is 2. The highest BCUT2D eigenvalue weighted by Crippen LogP contribution is 2.27. The molecule has 2 unspecified atom stereocenters. The molecule has 0 heterocycles. The fourth-order valence-corrected chi connectivity index (χ4v) is 3.92. The van der Waals surface area contributed by atoms with E-state index < -0.39 is 47.5 Å². The average molecular weight is 549 g/mol. The summed E-state index contributed by atoms with van der Waals surface area (Å²) in [7, 11) is 0. The molecular formula is C28H44N4O7. The van der Waals surface area contributed by atoms with Gasteiger partial charge in [-0.2, -0.15) is 0 Å². The molecule has 11 heteroatoms. The van der Waals surface area contributed by atoms with E-state index in [4.69, 9.17) is 15.2 Å². The number of esters is 1. The number of aryl methyl sites for hydroxylation is 2. The van der Waals surface area contributed by atoms with Crippen LogP contribution in [0.25, 0.3) is 0 Å². The first-order valence-electron chi connectivity index (χ1n) is 13.3. The number of hydrogen-bond donors (Lipinski definition) is 3. The van der Waals surface area contributed by atoms with Crippen molar-refractivity contribution >= 4 is 29.8 Å². The van der Waals surface area contributed by atoms with Gasteiger partial charge in [0.1, 0.15) is 17.7 Å². The van der Waals surface area contributed by atoms with Crippen LogP contribution in [0.15, 0.2) is 18.2 Å². The van der Waals surface area contributed by atoms with Crippen LogP contribution in [0, 0.1) is 13.8 Å². The SMILES string of the molecule is CCCN(C(=O)C(CCC(N)=O)NC(=O)OC(C)(C)C)C(C(=O)NCCC(=O)OCC)c1cc(C)ccc1C. The minimum absolute atomic E-state index is 0.0223. The molecule has 4 N–H and O–H groups in total. The lowest BCUT2D eigenvalue weighted by Gasteiger charge is -2.35. The summed E-state index contributed by atoms with van der Waals surface area (Å²) in [6, 6.07) is 3.37. The second-order valence-corrected chi connectivity index (χ2v) is 10.3. The van der Waals surface area contributed by atoms with E-state index in [0.29, 0.717) is 12.0 Å². The largest absolute Gasteiger partial charge is 0.466 e. The summed E-state index contributed by atoms with van der Waals surface area (Å²) in [5, 5.41) is 5.31. The average Bonchev–Trinajstić information content (AvgIpc) is 2.82. The molecule has 1 aromatic carbocycles. The summed E-state index contributed by atoms with van der Waals surface area (Å²) in [5.41, 5.74) is 6.80. The zero-order valence-electron chi connectivity index (χ0n) is 24.2. The van der Waals surface area contributed by atoms with Crippen molar-refractivity contribution in [3.05, 3.63) is 34.9 Å². The van der Waals surface area contributed by atoms with Crippen LogP contribution in [0.4, 0.5) is 4.79 Å². The Morgan fingerprint density at radius 1 is 1.05 bits per heavy atom. The lowest BCUT2D eigenvalue weighted by atomic mass is 9.95. The van der Waals surface area contributed by atoms with Crippen molar-refractivity contribution in [2.24, 2.45) is 5.73 Å². The molecule has 218 valence electrons. The van der Waals surface area contributed by atoms with Crippen molar-refractivity contribution < 1.29 is 33.4 Å². The van der Waals surface area contributed by atoms with Gasteiger partial charge in [-0.05, 0) is 65.5 Å². The Labute approximate surface area is 231 Å². The number of nitrogens with one attached hydrogen (secondary N) is 2. The third-order valence-electron chi connectivity index (χ3n) is 5.64. The number of hydrogen-bond acceptors (Lipinski definition) is 7. The van der Waals surface area contributed by atoms with Gasteiger partial charge in [0.15, 0.2) is 0 Å². The van der Waals surface area contributed by atoms with E-state index in [1.54, 1.807) is 27.7 Å². The van der Waals surface area contributed by atoms with Crippen molar-refractivity contribution in [3.8, 4) is 0 Å². The van der Waals surface area contributed by atoms with Gasteiger partial charge in [-0.1, -0.05) is 30.7 Å². The molecule has 39 heavy (non-hydrogen) atoms. The van der Waals surface area contributed by atoms with Crippen molar-refractivity contribution in [1.29, 1.82) is 0 Å². The van der Waals surface area contributed by atoms with Crippen LogP contribution < -0.4 is 16.4 Å². The molecule has 0 bridgehead atoms. The normalized spacial score (nSPS) is 12.6. The highest BCUT2D eigenvalue weighted by Gasteiger charge is 2.36. The Kier molecular flexibility index (Phi) is 13.4. The van der Waals surface area contributed by atoms with Crippen LogP contribution in [0.5, 0.6) is 0 Å². The molecule has 0 saturated heterocycles. The number of nitrogens with two attached hydrogens (primary N) is 1. The predicted octanol–water partition coefficient (Wildman–Crippen LogP) is 2.81. The minimum atomic E-state index is -1.17. The molecule has 11 nitrogen and oxygen atoms in total. The number of alkyl carbamates (subject to hydrolysis) is 1. The Balaban J connectivity index is 3.45. The first-order valence-corrected chi connectivity index (χ1v) is 13.3. The molecule has 0 spiro atoms. The summed E-state index contributed by atoms with van der Waals surface area (Å²) in [4.78, 5) is 64.9. The Bertz CT molecular complexity index is 1020. The third kappa shape index (κ3) is 11.7.